The maximum atomic E-state index is 11.6. The first-order valence-electron chi connectivity index (χ1n) is 8.72. The molecule has 0 bridgehead atoms. The summed E-state index contributed by atoms with van der Waals surface area (Å²) in [6, 6.07) is 9.85. The van der Waals surface area contributed by atoms with E-state index in [2.05, 4.69) is 15.2 Å². The predicted molar refractivity (Wildman–Crippen MR) is 103 cm³/mol. The van der Waals surface area contributed by atoms with E-state index in [-0.39, 0.29) is 17.4 Å². The molecule has 0 amide bonds. The fourth-order valence-corrected chi connectivity index (χ4v) is 5.82. The lowest BCUT2D eigenvalue weighted by atomic mass is 10.1. The lowest BCUT2D eigenvalue weighted by Crippen LogP contribution is -2.11. The minimum absolute atomic E-state index is 0.135. The summed E-state index contributed by atoms with van der Waals surface area (Å²) in [6.07, 6.45) is 3.07. The number of thioether (sulfide) groups is 1. The number of benzene rings is 1. The second-order valence-corrected chi connectivity index (χ2v) is 9.88. The van der Waals surface area contributed by atoms with Crippen LogP contribution in [0.4, 0.5) is 0 Å². The molecule has 4 rings (SSSR count). The van der Waals surface area contributed by atoms with Crippen molar-refractivity contribution >= 4 is 21.6 Å². The molecule has 1 aliphatic heterocycles. The number of oxazole rings is 1. The van der Waals surface area contributed by atoms with Crippen molar-refractivity contribution in [3.05, 3.63) is 48.2 Å². The summed E-state index contributed by atoms with van der Waals surface area (Å²) >= 11 is 1.50. The Hall–Kier alpha value is -2.13. The van der Waals surface area contributed by atoms with E-state index in [0.717, 1.165) is 22.3 Å². The average Bonchev–Trinajstić information content (AvgIpc) is 3.35. The van der Waals surface area contributed by atoms with E-state index in [4.69, 9.17) is 4.42 Å². The maximum absolute atomic E-state index is 11.6. The van der Waals surface area contributed by atoms with Gasteiger partial charge in [-0.25, -0.2) is 13.4 Å². The smallest absolute Gasteiger partial charge is 0.205 e. The molecular formula is C18H20N4O3S2. The minimum Gasteiger partial charge on any atom is -0.440 e. The number of aromatic nitrogens is 4. The van der Waals surface area contributed by atoms with Crippen molar-refractivity contribution in [2.75, 3.05) is 11.5 Å². The van der Waals surface area contributed by atoms with Gasteiger partial charge >= 0.3 is 0 Å². The molecule has 9 heteroatoms. The van der Waals surface area contributed by atoms with Crippen LogP contribution in [0.3, 0.4) is 0 Å². The largest absolute Gasteiger partial charge is 0.440 e. The fraction of sp³-hybridized carbons (Fsp3) is 0.389. The third-order valence-electron chi connectivity index (χ3n) is 4.66. The molecule has 1 aromatic carbocycles. The van der Waals surface area contributed by atoms with Crippen LogP contribution in [0.2, 0.25) is 0 Å². The molecule has 1 aliphatic rings. The molecule has 3 aromatic rings. The van der Waals surface area contributed by atoms with Gasteiger partial charge in [0.05, 0.1) is 23.5 Å². The van der Waals surface area contributed by atoms with E-state index in [1.807, 2.05) is 41.9 Å². The van der Waals surface area contributed by atoms with Crippen molar-refractivity contribution in [1.29, 1.82) is 0 Å². The highest BCUT2D eigenvalue weighted by Gasteiger charge is 2.29. The van der Waals surface area contributed by atoms with Crippen LogP contribution in [0.25, 0.3) is 11.3 Å². The van der Waals surface area contributed by atoms with Gasteiger partial charge in [-0.05, 0) is 12.3 Å². The maximum Gasteiger partial charge on any atom is 0.205 e. The zero-order valence-electron chi connectivity index (χ0n) is 14.9. The van der Waals surface area contributed by atoms with Gasteiger partial charge in [-0.3, -0.25) is 0 Å². The monoisotopic (exact) mass is 404 g/mol. The van der Waals surface area contributed by atoms with Crippen LogP contribution in [0.1, 0.15) is 18.1 Å². The number of rotatable bonds is 6. The number of hydrogen-bond acceptors (Lipinski definition) is 7. The Morgan fingerprint density at radius 3 is 2.81 bits per heavy atom. The van der Waals surface area contributed by atoms with Gasteiger partial charge in [-0.15, -0.1) is 10.2 Å². The molecule has 0 spiro atoms. The summed E-state index contributed by atoms with van der Waals surface area (Å²) in [5, 5.41) is 9.24. The van der Waals surface area contributed by atoms with Crippen LogP contribution >= 0.6 is 11.8 Å². The van der Waals surface area contributed by atoms with Gasteiger partial charge in [0.25, 0.3) is 0 Å². The van der Waals surface area contributed by atoms with Crippen LogP contribution in [0.15, 0.2) is 46.1 Å². The summed E-state index contributed by atoms with van der Waals surface area (Å²) in [4.78, 5) is 4.33. The van der Waals surface area contributed by atoms with Crippen LogP contribution in [0, 0.1) is 5.92 Å². The van der Waals surface area contributed by atoms with Crippen LogP contribution in [-0.2, 0) is 29.1 Å². The number of sulfone groups is 1. The number of nitrogens with zero attached hydrogens (tertiary/aromatic N) is 4. The quantitative estimate of drug-likeness (QED) is 0.583. The van der Waals surface area contributed by atoms with Gasteiger partial charge < -0.3 is 8.98 Å². The Labute approximate surface area is 162 Å². The Balaban J connectivity index is 1.38. The van der Waals surface area contributed by atoms with Crippen molar-refractivity contribution in [2.24, 2.45) is 13.0 Å². The molecule has 3 heterocycles. The lowest BCUT2D eigenvalue weighted by molar-refractivity contribution is 0.529. The summed E-state index contributed by atoms with van der Waals surface area (Å²) in [7, 11) is -0.963. The highest BCUT2D eigenvalue weighted by molar-refractivity contribution is 7.98. The minimum atomic E-state index is -2.87. The second-order valence-electron chi connectivity index (χ2n) is 6.70. The normalized spacial score (nSPS) is 18.8. The molecule has 0 aliphatic carbocycles. The van der Waals surface area contributed by atoms with Crippen molar-refractivity contribution in [3.63, 3.8) is 0 Å². The van der Waals surface area contributed by atoms with Crippen molar-refractivity contribution in [2.45, 2.75) is 23.8 Å². The van der Waals surface area contributed by atoms with E-state index in [1.54, 1.807) is 6.20 Å². The lowest BCUT2D eigenvalue weighted by Gasteiger charge is -2.07. The molecule has 0 N–H and O–H groups in total. The SMILES string of the molecule is Cn1c(C[C@H]2CCS(=O)(=O)C2)nnc1SCc1ncc(-c2ccccc2)o1. The molecule has 2 aromatic heterocycles. The summed E-state index contributed by atoms with van der Waals surface area (Å²) in [5.74, 6) is 3.41. The van der Waals surface area contributed by atoms with Gasteiger partial charge in [-0.2, -0.15) is 0 Å². The van der Waals surface area contributed by atoms with E-state index in [0.29, 0.717) is 24.5 Å². The summed E-state index contributed by atoms with van der Waals surface area (Å²) in [6.45, 7) is 0. The van der Waals surface area contributed by atoms with E-state index >= 15 is 0 Å². The van der Waals surface area contributed by atoms with E-state index < -0.39 is 9.84 Å². The molecule has 1 fully saturated rings. The molecule has 0 saturated carbocycles. The van der Waals surface area contributed by atoms with Crippen molar-refractivity contribution < 1.29 is 12.8 Å². The molecular weight excluding hydrogens is 384 g/mol. The van der Waals surface area contributed by atoms with E-state index in [9.17, 15) is 8.42 Å². The van der Waals surface area contributed by atoms with Gasteiger partial charge in [-0.1, -0.05) is 42.1 Å². The molecule has 1 saturated heterocycles. The Morgan fingerprint density at radius 2 is 2.07 bits per heavy atom. The van der Waals surface area contributed by atoms with Gasteiger partial charge in [0.1, 0.15) is 5.82 Å². The standard InChI is InChI=1S/C18H20N4O3S2/c1-22-16(9-13-7-8-27(23,24)12-13)20-21-18(22)26-11-17-19-10-15(25-17)14-5-3-2-4-6-14/h2-6,10,13H,7-9,11-12H2,1H3/t13-/m1/s1. The molecule has 0 radical (unpaired) electrons. The third kappa shape index (κ3) is 4.24. The Kier molecular flexibility index (Phi) is 5.05. The van der Waals surface area contributed by atoms with Gasteiger partial charge in [0.2, 0.25) is 5.89 Å². The van der Waals surface area contributed by atoms with Crippen LogP contribution in [-0.4, -0.2) is 39.7 Å². The highest BCUT2D eigenvalue weighted by atomic mass is 32.2. The van der Waals surface area contributed by atoms with Gasteiger partial charge in [0, 0.05) is 19.0 Å². The summed E-state index contributed by atoms with van der Waals surface area (Å²) < 4.78 is 31.0. The van der Waals surface area contributed by atoms with E-state index in [1.165, 1.54) is 11.8 Å². The second kappa shape index (κ2) is 7.47. The van der Waals surface area contributed by atoms with Gasteiger partial charge in [0.15, 0.2) is 20.8 Å². The van der Waals surface area contributed by atoms with Crippen molar-refractivity contribution in [3.8, 4) is 11.3 Å². The fourth-order valence-electron chi connectivity index (χ4n) is 3.18. The summed E-state index contributed by atoms with van der Waals surface area (Å²) in [5.41, 5.74) is 0.994. The molecule has 7 nitrogen and oxygen atoms in total. The Morgan fingerprint density at radius 1 is 1.26 bits per heavy atom. The zero-order chi connectivity index (χ0) is 18.9. The topological polar surface area (TPSA) is 90.9 Å². The highest BCUT2D eigenvalue weighted by Crippen LogP contribution is 2.26. The molecule has 142 valence electrons. The average molecular weight is 405 g/mol. The third-order valence-corrected chi connectivity index (χ3v) is 7.50. The molecule has 0 unspecified atom stereocenters. The van der Waals surface area contributed by atoms with Crippen LogP contribution < -0.4 is 0 Å². The first kappa shape index (κ1) is 18.2. The molecule has 1 atom stereocenters. The number of hydrogen-bond donors (Lipinski definition) is 0. The Bertz CT molecular complexity index is 1030. The predicted octanol–water partition coefficient (Wildman–Crippen LogP) is 2.74. The van der Waals surface area contributed by atoms with Crippen molar-refractivity contribution in [1.82, 2.24) is 19.7 Å². The first-order valence-corrected chi connectivity index (χ1v) is 11.5. The molecule has 27 heavy (non-hydrogen) atoms. The zero-order valence-corrected chi connectivity index (χ0v) is 16.5. The first-order chi connectivity index (χ1) is 13.0. The van der Waals surface area contributed by atoms with Crippen LogP contribution in [0.5, 0.6) is 0 Å².